The van der Waals surface area contributed by atoms with Gasteiger partial charge >= 0.3 is 5.97 Å². The molecule has 0 aromatic heterocycles. The molecule has 32 heavy (non-hydrogen) atoms. The summed E-state index contributed by atoms with van der Waals surface area (Å²) < 4.78 is 0. The van der Waals surface area contributed by atoms with Crippen molar-refractivity contribution < 1.29 is 14.7 Å². The zero-order valence-corrected chi connectivity index (χ0v) is 18.3. The minimum absolute atomic E-state index is 0.223. The van der Waals surface area contributed by atoms with Gasteiger partial charge in [-0.2, -0.15) is 12.6 Å². The number of aliphatic carboxylic acids is 1. The van der Waals surface area contributed by atoms with Gasteiger partial charge in [-0.25, -0.2) is 4.79 Å². The lowest BCUT2D eigenvalue weighted by molar-refractivity contribution is -0.138. The lowest BCUT2D eigenvalue weighted by atomic mass is 9.97. The van der Waals surface area contributed by atoms with E-state index >= 15 is 0 Å². The van der Waals surface area contributed by atoms with Crippen LogP contribution in [-0.4, -0.2) is 28.8 Å². The number of amides is 1. The average molecular weight is 442 g/mol. The van der Waals surface area contributed by atoms with E-state index in [2.05, 4.69) is 12.6 Å². The molecule has 0 aliphatic heterocycles. The Labute approximate surface area is 192 Å². The first-order valence-corrected chi connectivity index (χ1v) is 11.0. The van der Waals surface area contributed by atoms with Crippen LogP contribution >= 0.6 is 12.6 Å². The number of thiol groups is 1. The zero-order chi connectivity index (χ0) is 22.5. The van der Waals surface area contributed by atoms with Crippen molar-refractivity contribution in [1.29, 1.82) is 0 Å². The Hall–Kier alpha value is -3.57. The number of benzene rings is 4. The fourth-order valence-electron chi connectivity index (χ4n) is 3.99. The second-order valence-corrected chi connectivity index (χ2v) is 7.90. The second kappa shape index (κ2) is 9.71. The van der Waals surface area contributed by atoms with Gasteiger partial charge in [-0.1, -0.05) is 84.9 Å². The standard InChI is InChI=1S/C27H23NO3S/c29-26(23-15-7-6-13-21(23)19-9-2-1-3-10-19)28(25(17-18-32)27(30)31)24-16-8-12-20-11-4-5-14-22(20)24/h1-16,25,32H,17-18H2,(H,30,31)/t25-/m0/s1. The van der Waals surface area contributed by atoms with E-state index in [0.717, 1.165) is 21.9 Å². The van der Waals surface area contributed by atoms with E-state index < -0.39 is 12.0 Å². The summed E-state index contributed by atoms with van der Waals surface area (Å²) in [6, 6.07) is 29.2. The number of carboxylic acids is 1. The van der Waals surface area contributed by atoms with Crippen molar-refractivity contribution in [3.05, 3.63) is 103 Å². The van der Waals surface area contributed by atoms with Gasteiger partial charge in [0.1, 0.15) is 6.04 Å². The van der Waals surface area contributed by atoms with Crippen LogP contribution in [0.1, 0.15) is 16.8 Å². The van der Waals surface area contributed by atoms with Gasteiger partial charge in [0.25, 0.3) is 5.91 Å². The van der Waals surface area contributed by atoms with Crippen LogP contribution in [0, 0.1) is 0 Å². The molecule has 4 nitrogen and oxygen atoms in total. The topological polar surface area (TPSA) is 57.6 Å². The highest BCUT2D eigenvalue weighted by atomic mass is 32.1. The molecule has 0 heterocycles. The number of carbonyl (C=O) groups is 2. The molecular formula is C27H23NO3S. The summed E-state index contributed by atoms with van der Waals surface area (Å²) >= 11 is 4.27. The molecule has 0 radical (unpaired) electrons. The molecule has 5 heteroatoms. The fourth-order valence-corrected chi connectivity index (χ4v) is 4.24. The van der Waals surface area contributed by atoms with Gasteiger partial charge in [-0.15, -0.1) is 0 Å². The Kier molecular flexibility index (Phi) is 6.57. The van der Waals surface area contributed by atoms with Gasteiger partial charge in [0.15, 0.2) is 0 Å². The smallest absolute Gasteiger partial charge is 0.326 e. The second-order valence-electron chi connectivity index (χ2n) is 7.45. The third-order valence-corrected chi connectivity index (χ3v) is 5.74. The molecular weight excluding hydrogens is 418 g/mol. The molecule has 4 aromatic rings. The number of fused-ring (bicyclic) bond motifs is 1. The molecule has 0 aliphatic rings. The average Bonchev–Trinajstić information content (AvgIpc) is 2.84. The van der Waals surface area contributed by atoms with Crippen LogP contribution in [0.25, 0.3) is 21.9 Å². The summed E-state index contributed by atoms with van der Waals surface area (Å²) in [7, 11) is 0. The molecule has 0 saturated carbocycles. The fraction of sp³-hybridized carbons (Fsp3) is 0.111. The van der Waals surface area contributed by atoms with E-state index in [1.165, 1.54) is 4.90 Å². The van der Waals surface area contributed by atoms with Crippen LogP contribution in [0.3, 0.4) is 0 Å². The molecule has 0 fully saturated rings. The van der Waals surface area contributed by atoms with Gasteiger partial charge in [0.2, 0.25) is 0 Å². The van der Waals surface area contributed by atoms with Gasteiger partial charge in [-0.05, 0) is 40.8 Å². The number of hydrogen-bond acceptors (Lipinski definition) is 3. The van der Waals surface area contributed by atoms with E-state index in [1.54, 1.807) is 18.2 Å². The maximum absolute atomic E-state index is 14.0. The Morgan fingerprint density at radius 3 is 2.22 bits per heavy atom. The van der Waals surface area contributed by atoms with Crippen LogP contribution in [0.2, 0.25) is 0 Å². The SMILES string of the molecule is O=C(O)[C@H](CCS)N(C(=O)c1ccccc1-c1ccccc1)c1cccc2ccccc12. The maximum atomic E-state index is 14.0. The van der Waals surface area contributed by atoms with E-state index in [-0.39, 0.29) is 12.3 Å². The Morgan fingerprint density at radius 2 is 1.47 bits per heavy atom. The third kappa shape index (κ3) is 4.25. The van der Waals surface area contributed by atoms with Crippen molar-refractivity contribution in [1.82, 2.24) is 0 Å². The van der Waals surface area contributed by atoms with Crippen LogP contribution in [0.5, 0.6) is 0 Å². The number of anilines is 1. The first-order valence-electron chi connectivity index (χ1n) is 10.4. The molecule has 0 unspecified atom stereocenters. The van der Waals surface area contributed by atoms with Gasteiger partial charge < -0.3 is 5.11 Å². The molecule has 1 atom stereocenters. The van der Waals surface area contributed by atoms with E-state index in [4.69, 9.17) is 0 Å². The molecule has 1 amide bonds. The maximum Gasteiger partial charge on any atom is 0.326 e. The third-order valence-electron chi connectivity index (χ3n) is 5.49. The van der Waals surface area contributed by atoms with Gasteiger partial charge in [0, 0.05) is 10.9 Å². The molecule has 160 valence electrons. The highest BCUT2D eigenvalue weighted by Gasteiger charge is 2.33. The normalized spacial score (nSPS) is 11.8. The van der Waals surface area contributed by atoms with Gasteiger partial charge in [0.05, 0.1) is 5.69 Å². The predicted molar refractivity (Wildman–Crippen MR) is 133 cm³/mol. The minimum atomic E-state index is -1.06. The summed E-state index contributed by atoms with van der Waals surface area (Å²) in [5.41, 5.74) is 2.69. The summed E-state index contributed by atoms with van der Waals surface area (Å²) in [5, 5.41) is 11.8. The lowest BCUT2D eigenvalue weighted by Crippen LogP contribution is -2.46. The Balaban J connectivity index is 1.92. The molecule has 4 rings (SSSR count). The highest BCUT2D eigenvalue weighted by molar-refractivity contribution is 7.80. The van der Waals surface area contributed by atoms with Crippen LogP contribution in [0.4, 0.5) is 5.69 Å². The molecule has 0 spiro atoms. The van der Waals surface area contributed by atoms with E-state index in [0.29, 0.717) is 17.0 Å². The van der Waals surface area contributed by atoms with Crippen LogP contribution in [0.15, 0.2) is 97.1 Å². The Morgan fingerprint density at radius 1 is 0.812 bits per heavy atom. The quantitative estimate of drug-likeness (QED) is 0.350. The predicted octanol–water partition coefficient (Wildman–Crippen LogP) is 5.93. The number of carbonyl (C=O) groups excluding carboxylic acids is 1. The number of hydrogen-bond donors (Lipinski definition) is 2. The monoisotopic (exact) mass is 441 g/mol. The van der Waals surface area contributed by atoms with Crippen molar-refractivity contribution >= 4 is 41.0 Å². The van der Waals surface area contributed by atoms with Gasteiger partial charge in [-0.3, -0.25) is 9.69 Å². The minimum Gasteiger partial charge on any atom is -0.480 e. The summed E-state index contributed by atoms with van der Waals surface area (Å²) in [5.74, 6) is -1.07. The summed E-state index contributed by atoms with van der Waals surface area (Å²) in [4.78, 5) is 27.8. The van der Waals surface area contributed by atoms with Crippen LogP contribution in [-0.2, 0) is 4.79 Å². The first-order chi connectivity index (χ1) is 15.6. The largest absolute Gasteiger partial charge is 0.480 e. The first kappa shape index (κ1) is 21.7. The molecule has 1 N–H and O–H groups in total. The summed E-state index contributed by atoms with van der Waals surface area (Å²) in [6.45, 7) is 0. The molecule has 4 aromatic carbocycles. The molecule has 0 aliphatic carbocycles. The summed E-state index contributed by atoms with van der Waals surface area (Å²) in [6.07, 6.45) is 0.223. The molecule has 0 bridgehead atoms. The number of rotatable bonds is 7. The van der Waals surface area contributed by atoms with E-state index in [1.807, 2.05) is 78.9 Å². The van der Waals surface area contributed by atoms with Crippen molar-refractivity contribution in [2.75, 3.05) is 10.7 Å². The molecule has 0 saturated heterocycles. The number of carboxylic acid groups (broad SMARTS) is 1. The Bertz CT molecular complexity index is 1250. The van der Waals surface area contributed by atoms with Crippen molar-refractivity contribution in [3.8, 4) is 11.1 Å². The van der Waals surface area contributed by atoms with Crippen molar-refractivity contribution in [2.24, 2.45) is 0 Å². The number of nitrogens with zero attached hydrogens (tertiary/aromatic N) is 1. The lowest BCUT2D eigenvalue weighted by Gasteiger charge is -2.30. The van der Waals surface area contributed by atoms with Crippen LogP contribution < -0.4 is 4.90 Å². The van der Waals surface area contributed by atoms with E-state index in [9.17, 15) is 14.7 Å². The van der Waals surface area contributed by atoms with Crippen molar-refractivity contribution in [2.45, 2.75) is 12.5 Å². The van der Waals surface area contributed by atoms with Crippen molar-refractivity contribution in [3.63, 3.8) is 0 Å². The zero-order valence-electron chi connectivity index (χ0n) is 17.4. The highest BCUT2D eigenvalue weighted by Crippen LogP contribution is 2.33.